The van der Waals surface area contributed by atoms with E-state index in [0.717, 1.165) is 0 Å². The minimum absolute atomic E-state index is 0.0846. The van der Waals surface area contributed by atoms with Gasteiger partial charge in [-0.15, -0.1) is 0 Å². The molecule has 11 heteroatoms. The van der Waals surface area contributed by atoms with Crippen LogP contribution in [0.25, 0.3) is 10.7 Å². The number of nitrogens with two attached hydrogens (primary N) is 1. The summed E-state index contributed by atoms with van der Waals surface area (Å²) < 4.78 is 11.6. The van der Waals surface area contributed by atoms with E-state index < -0.39 is 0 Å². The minimum Gasteiger partial charge on any atom is -0.424 e. The third-order valence-corrected chi connectivity index (χ3v) is 5.77. The molecule has 0 spiro atoms. The van der Waals surface area contributed by atoms with Crippen LogP contribution >= 0.6 is 11.3 Å². The molecule has 32 heavy (non-hydrogen) atoms. The molecular formula is C21H25N7O3S. The molecule has 0 radical (unpaired) electrons. The van der Waals surface area contributed by atoms with Crippen LogP contribution in [0, 0.1) is 0 Å². The van der Waals surface area contributed by atoms with Crippen LogP contribution < -0.4 is 15.4 Å². The molecule has 0 atom stereocenters. The van der Waals surface area contributed by atoms with E-state index in [0.29, 0.717) is 52.9 Å². The van der Waals surface area contributed by atoms with Gasteiger partial charge in [-0.1, -0.05) is 11.3 Å². The predicted molar refractivity (Wildman–Crippen MR) is 122 cm³/mol. The first-order valence-electron chi connectivity index (χ1n) is 10.1. The summed E-state index contributed by atoms with van der Waals surface area (Å²) in [6.45, 7) is 5.92. The molecule has 1 saturated heterocycles. The zero-order valence-corrected chi connectivity index (χ0v) is 19.2. The Labute approximate surface area is 190 Å². The van der Waals surface area contributed by atoms with Gasteiger partial charge < -0.3 is 25.0 Å². The van der Waals surface area contributed by atoms with E-state index >= 15 is 0 Å². The van der Waals surface area contributed by atoms with Crippen molar-refractivity contribution in [3.05, 3.63) is 36.0 Å². The Morgan fingerprint density at radius 3 is 2.59 bits per heavy atom. The molecule has 2 N–H and O–H groups in total. The number of carbonyl (C=O) groups is 1. The molecule has 4 rings (SSSR count). The Balaban J connectivity index is 1.69. The Kier molecular flexibility index (Phi) is 5.94. The highest BCUT2D eigenvalue weighted by Crippen LogP contribution is 2.31. The monoisotopic (exact) mass is 455 g/mol. The smallest absolute Gasteiger partial charge is 0.327 e. The van der Waals surface area contributed by atoms with Gasteiger partial charge in [0.1, 0.15) is 5.75 Å². The summed E-state index contributed by atoms with van der Waals surface area (Å²) in [4.78, 5) is 34.3. The number of ether oxygens (including phenoxy) is 2. The molecule has 168 valence electrons. The van der Waals surface area contributed by atoms with E-state index in [2.05, 4.69) is 38.7 Å². The highest BCUT2D eigenvalue weighted by atomic mass is 32.1. The number of aromatic nitrogens is 4. The number of nitrogen functional groups attached to an aromatic ring is 1. The summed E-state index contributed by atoms with van der Waals surface area (Å²) in [7, 11) is 3.42. The van der Waals surface area contributed by atoms with Crippen LogP contribution in [0.3, 0.4) is 0 Å². The van der Waals surface area contributed by atoms with Crippen molar-refractivity contribution in [3.63, 3.8) is 0 Å². The maximum atomic E-state index is 12.1. The molecule has 1 fully saturated rings. The van der Waals surface area contributed by atoms with Crippen LogP contribution in [-0.2, 0) is 4.74 Å². The Morgan fingerprint density at radius 2 is 1.97 bits per heavy atom. The number of morpholine rings is 1. The molecule has 3 heterocycles. The number of thiazole rings is 1. The zero-order chi connectivity index (χ0) is 22.9. The van der Waals surface area contributed by atoms with Crippen molar-refractivity contribution < 1.29 is 14.3 Å². The molecule has 1 aliphatic heterocycles. The molecule has 0 bridgehead atoms. The lowest BCUT2D eigenvalue weighted by Crippen LogP contribution is -2.53. The van der Waals surface area contributed by atoms with Crippen molar-refractivity contribution >= 4 is 28.3 Å². The average molecular weight is 456 g/mol. The van der Waals surface area contributed by atoms with E-state index in [1.165, 1.54) is 16.2 Å². The third-order valence-electron chi connectivity index (χ3n) is 4.95. The summed E-state index contributed by atoms with van der Waals surface area (Å²) in [5.41, 5.74) is 6.08. The number of benzene rings is 1. The van der Waals surface area contributed by atoms with Crippen LogP contribution in [-0.4, -0.2) is 70.1 Å². The minimum atomic E-state index is -0.297. The zero-order valence-electron chi connectivity index (χ0n) is 18.4. The van der Waals surface area contributed by atoms with Crippen LogP contribution in [0.4, 0.5) is 11.1 Å². The van der Waals surface area contributed by atoms with Crippen molar-refractivity contribution in [2.75, 3.05) is 44.5 Å². The van der Waals surface area contributed by atoms with Crippen molar-refractivity contribution in [2.45, 2.75) is 19.4 Å². The summed E-state index contributed by atoms with van der Waals surface area (Å²) >= 11 is 1.29. The van der Waals surface area contributed by atoms with Gasteiger partial charge in [0.05, 0.1) is 29.8 Å². The first-order valence-corrected chi connectivity index (χ1v) is 10.9. The second kappa shape index (κ2) is 8.67. The largest absolute Gasteiger partial charge is 0.424 e. The number of amides is 1. The molecule has 1 aromatic carbocycles. The molecular weight excluding hydrogens is 430 g/mol. The number of rotatable bonds is 5. The molecule has 0 saturated carbocycles. The summed E-state index contributed by atoms with van der Waals surface area (Å²) in [6.07, 6.45) is 1.63. The third kappa shape index (κ3) is 4.63. The van der Waals surface area contributed by atoms with Gasteiger partial charge in [-0.3, -0.25) is 4.79 Å². The van der Waals surface area contributed by atoms with Gasteiger partial charge in [-0.05, 0) is 38.1 Å². The molecule has 0 aliphatic carbocycles. The van der Waals surface area contributed by atoms with Crippen molar-refractivity contribution in [2.24, 2.45) is 0 Å². The van der Waals surface area contributed by atoms with E-state index in [1.54, 1.807) is 44.6 Å². The fourth-order valence-corrected chi connectivity index (χ4v) is 3.89. The van der Waals surface area contributed by atoms with Gasteiger partial charge in [-0.25, -0.2) is 4.98 Å². The maximum absolute atomic E-state index is 12.1. The molecule has 1 aliphatic rings. The Hall–Kier alpha value is -3.31. The van der Waals surface area contributed by atoms with Gasteiger partial charge in [0.2, 0.25) is 5.95 Å². The standard InChI is InChI=1S/C21H25N7O3S/c1-21(2)12-30-10-9-28(21)19-24-16(15-11-23-18(22)32-15)25-20(26-19)31-14-7-5-13(6-8-14)17(29)27(3)4/h5-8,11H,9-10,12H2,1-4H3,(H2,22,23). The van der Waals surface area contributed by atoms with E-state index in [-0.39, 0.29) is 17.5 Å². The summed E-state index contributed by atoms with van der Waals surface area (Å²) in [6, 6.07) is 6.98. The average Bonchev–Trinajstić information content (AvgIpc) is 3.19. The SMILES string of the molecule is CN(C)C(=O)c1ccc(Oc2nc(-c3cnc(N)s3)nc(N3CCOCC3(C)C)n2)cc1. The fourth-order valence-electron chi connectivity index (χ4n) is 3.27. The van der Waals surface area contributed by atoms with Crippen LogP contribution in [0.15, 0.2) is 30.5 Å². The van der Waals surface area contributed by atoms with Crippen LogP contribution in [0.5, 0.6) is 11.8 Å². The number of hydrogen-bond acceptors (Lipinski definition) is 10. The van der Waals surface area contributed by atoms with Crippen molar-refractivity contribution in [3.8, 4) is 22.5 Å². The Bertz CT molecular complexity index is 1110. The second-order valence-corrected chi connectivity index (χ2v) is 9.21. The number of nitrogens with zero attached hydrogens (tertiary/aromatic N) is 6. The van der Waals surface area contributed by atoms with Crippen molar-refractivity contribution in [1.82, 2.24) is 24.8 Å². The van der Waals surface area contributed by atoms with E-state index in [9.17, 15) is 4.79 Å². The maximum Gasteiger partial charge on any atom is 0.327 e. The molecule has 1 amide bonds. The normalized spacial score (nSPS) is 15.4. The van der Waals surface area contributed by atoms with E-state index in [4.69, 9.17) is 15.2 Å². The highest BCUT2D eigenvalue weighted by molar-refractivity contribution is 7.18. The van der Waals surface area contributed by atoms with Gasteiger partial charge in [0, 0.05) is 26.2 Å². The lowest BCUT2D eigenvalue weighted by molar-refractivity contribution is 0.0633. The van der Waals surface area contributed by atoms with Crippen LogP contribution in [0.2, 0.25) is 0 Å². The number of anilines is 2. The second-order valence-electron chi connectivity index (χ2n) is 8.15. The summed E-state index contributed by atoms with van der Waals surface area (Å²) in [5.74, 6) is 1.35. The fraction of sp³-hybridized carbons (Fsp3) is 0.381. The highest BCUT2D eigenvalue weighted by Gasteiger charge is 2.33. The lowest BCUT2D eigenvalue weighted by atomic mass is 10.0. The summed E-state index contributed by atoms with van der Waals surface area (Å²) in [5, 5.41) is 0.428. The number of carbonyl (C=O) groups excluding carboxylic acids is 1. The van der Waals surface area contributed by atoms with Crippen LogP contribution in [0.1, 0.15) is 24.2 Å². The number of hydrogen-bond donors (Lipinski definition) is 1. The van der Waals surface area contributed by atoms with Gasteiger partial charge in [0.15, 0.2) is 11.0 Å². The van der Waals surface area contributed by atoms with Gasteiger partial charge in [-0.2, -0.15) is 15.0 Å². The first kappa shape index (κ1) is 21.9. The molecule has 0 unspecified atom stereocenters. The molecule has 2 aromatic heterocycles. The Morgan fingerprint density at radius 1 is 1.22 bits per heavy atom. The van der Waals surface area contributed by atoms with Gasteiger partial charge in [0.25, 0.3) is 5.91 Å². The molecule has 3 aromatic rings. The quantitative estimate of drug-likeness (QED) is 0.619. The van der Waals surface area contributed by atoms with E-state index in [1.807, 2.05) is 0 Å². The molecule has 10 nitrogen and oxygen atoms in total. The van der Waals surface area contributed by atoms with Gasteiger partial charge >= 0.3 is 6.01 Å². The predicted octanol–water partition coefficient (Wildman–Crippen LogP) is 2.69. The van der Waals surface area contributed by atoms with Crippen molar-refractivity contribution in [1.29, 1.82) is 0 Å². The lowest BCUT2D eigenvalue weighted by Gasteiger charge is -2.42. The topological polar surface area (TPSA) is 120 Å². The first-order chi connectivity index (χ1) is 15.2.